The van der Waals surface area contributed by atoms with E-state index >= 15 is 0 Å². The highest BCUT2D eigenvalue weighted by molar-refractivity contribution is 5.97. The first-order chi connectivity index (χ1) is 12.1. The number of hydrogen-bond donors (Lipinski definition) is 0. The van der Waals surface area contributed by atoms with Gasteiger partial charge in [0.15, 0.2) is 6.10 Å². The zero-order chi connectivity index (χ0) is 17.2. The van der Waals surface area contributed by atoms with Gasteiger partial charge in [-0.3, -0.25) is 0 Å². The number of hydrogen-bond acceptors (Lipinski definition) is 5. The minimum absolute atomic E-state index is 0.275. The van der Waals surface area contributed by atoms with Gasteiger partial charge in [0, 0.05) is 22.1 Å². The van der Waals surface area contributed by atoms with Gasteiger partial charge in [-0.05, 0) is 36.5 Å². The lowest BCUT2D eigenvalue weighted by molar-refractivity contribution is -0.140. The Morgan fingerprint density at radius 1 is 1.24 bits per heavy atom. The van der Waals surface area contributed by atoms with E-state index in [-0.39, 0.29) is 17.4 Å². The van der Waals surface area contributed by atoms with Gasteiger partial charge in [0.25, 0.3) is 0 Å². The smallest absolute Gasteiger partial charge is 0.338 e. The van der Waals surface area contributed by atoms with Gasteiger partial charge in [0.1, 0.15) is 6.61 Å². The molecule has 4 aliphatic rings. The van der Waals surface area contributed by atoms with Crippen LogP contribution in [-0.2, 0) is 19.1 Å². The van der Waals surface area contributed by atoms with E-state index < -0.39 is 6.10 Å². The van der Waals surface area contributed by atoms with Crippen LogP contribution in [0.2, 0.25) is 0 Å². The molecule has 0 fully saturated rings. The van der Waals surface area contributed by atoms with Crippen molar-refractivity contribution in [1.82, 2.24) is 0 Å². The Morgan fingerprint density at radius 3 is 2.92 bits per heavy atom. The average molecular weight is 336 g/mol. The van der Waals surface area contributed by atoms with E-state index in [1.165, 1.54) is 0 Å². The second-order valence-electron chi connectivity index (χ2n) is 6.87. The second kappa shape index (κ2) is 4.85. The topological polar surface area (TPSA) is 65.7 Å². The SMILES string of the molecule is C=C1C2=C(CC[C@@]13CC=CC1=C3COC1=O)C(=O)O[C@@H]2c1ccoc1. The molecule has 0 N–H and O–H groups in total. The number of furan rings is 1. The molecule has 0 amide bonds. The molecule has 1 aromatic heterocycles. The maximum absolute atomic E-state index is 12.4. The summed E-state index contributed by atoms with van der Waals surface area (Å²) >= 11 is 0. The van der Waals surface area contributed by atoms with E-state index in [0.717, 1.165) is 35.1 Å². The van der Waals surface area contributed by atoms with Crippen LogP contribution in [-0.4, -0.2) is 18.5 Å². The molecule has 2 aliphatic carbocycles. The number of rotatable bonds is 1. The van der Waals surface area contributed by atoms with Crippen LogP contribution in [0, 0.1) is 5.41 Å². The number of carbonyl (C=O) groups is 2. The van der Waals surface area contributed by atoms with Crippen LogP contribution in [0.3, 0.4) is 0 Å². The minimum Gasteiger partial charge on any atom is -0.472 e. The Morgan fingerprint density at radius 2 is 2.12 bits per heavy atom. The van der Waals surface area contributed by atoms with Crippen LogP contribution < -0.4 is 0 Å². The van der Waals surface area contributed by atoms with Crippen molar-refractivity contribution in [1.29, 1.82) is 0 Å². The van der Waals surface area contributed by atoms with Crippen molar-refractivity contribution in [2.45, 2.75) is 25.4 Å². The van der Waals surface area contributed by atoms with Gasteiger partial charge in [0.05, 0.1) is 18.1 Å². The molecule has 5 heteroatoms. The molecule has 2 atom stereocenters. The summed E-state index contributed by atoms with van der Waals surface area (Å²) in [7, 11) is 0. The van der Waals surface area contributed by atoms with Crippen LogP contribution >= 0.6 is 0 Å². The third-order valence-corrected chi connectivity index (χ3v) is 5.83. The molecule has 0 bridgehead atoms. The van der Waals surface area contributed by atoms with Crippen LogP contribution in [0.5, 0.6) is 0 Å². The van der Waals surface area contributed by atoms with E-state index in [0.29, 0.717) is 24.2 Å². The maximum Gasteiger partial charge on any atom is 0.338 e. The van der Waals surface area contributed by atoms with E-state index in [1.54, 1.807) is 18.6 Å². The summed E-state index contributed by atoms with van der Waals surface area (Å²) in [6.07, 6.45) is 8.62. The van der Waals surface area contributed by atoms with Crippen LogP contribution in [0.4, 0.5) is 0 Å². The molecule has 3 heterocycles. The lowest BCUT2D eigenvalue weighted by Gasteiger charge is -2.42. The minimum atomic E-state index is -0.487. The summed E-state index contributed by atoms with van der Waals surface area (Å²) < 4.78 is 16.1. The van der Waals surface area contributed by atoms with E-state index in [4.69, 9.17) is 13.9 Å². The van der Waals surface area contributed by atoms with Crippen molar-refractivity contribution in [3.63, 3.8) is 0 Å². The lowest BCUT2D eigenvalue weighted by atomic mass is 9.60. The monoisotopic (exact) mass is 336 g/mol. The van der Waals surface area contributed by atoms with Gasteiger partial charge in [-0.25, -0.2) is 9.59 Å². The fourth-order valence-corrected chi connectivity index (χ4v) is 4.53. The molecule has 25 heavy (non-hydrogen) atoms. The van der Waals surface area contributed by atoms with Gasteiger partial charge in [-0.1, -0.05) is 18.7 Å². The fraction of sp³-hybridized carbons (Fsp3) is 0.300. The lowest BCUT2D eigenvalue weighted by Crippen LogP contribution is -2.33. The molecule has 126 valence electrons. The predicted octanol–water partition coefficient (Wildman–Crippen LogP) is 3.32. The zero-order valence-electron chi connectivity index (χ0n) is 13.5. The largest absolute Gasteiger partial charge is 0.472 e. The van der Waals surface area contributed by atoms with E-state index in [1.807, 2.05) is 12.2 Å². The van der Waals surface area contributed by atoms with Crippen molar-refractivity contribution >= 4 is 11.9 Å². The normalized spacial score (nSPS) is 30.7. The first-order valence-corrected chi connectivity index (χ1v) is 8.35. The molecule has 0 radical (unpaired) electrons. The highest BCUT2D eigenvalue weighted by Crippen LogP contribution is 2.58. The molecule has 2 aliphatic heterocycles. The molecule has 1 aromatic rings. The van der Waals surface area contributed by atoms with Crippen molar-refractivity contribution in [3.05, 3.63) is 70.8 Å². The molecular weight excluding hydrogens is 320 g/mol. The third-order valence-electron chi connectivity index (χ3n) is 5.83. The molecule has 0 saturated carbocycles. The summed E-state index contributed by atoms with van der Waals surface area (Å²) in [4.78, 5) is 24.4. The Kier molecular flexibility index (Phi) is 2.82. The Hall–Kier alpha value is -2.82. The quantitative estimate of drug-likeness (QED) is 0.736. The first kappa shape index (κ1) is 14.5. The molecule has 0 aromatic carbocycles. The van der Waals surface area contributed by atoms with E-state index in [2.05, 4.69) is 6.58 Å². The molecule has 5 nitrogen and oxygen atoms in total. The predicted molar refractivity (Wildman–Crippen MR) is 87.1 cm³/mol. The van der Waals surface area contributed by atoms with E-state index in [9.17, 15) is 9.59 Å². The average Bonchev–Trinajstić information content (AvgIpc) is 3.32. The zero-order valence-corrected chi connectivity index (χ0v) is 13.5. The maximum atomic E-state index is 12.4. The van der Waals surface area contributed by atoms with Gasteiger partial charge >= 0.3 is 11.9 Å². The van der Waals surface area contributed by atoms with Crippen molar-refractivity contribution in [3.8, 4) is 0 Å². The summed E-state index contributed by atoms with van der Waals surface area (Å²) in [5.41, 5.74) is 4.47. The van der Waals surface area contributed by atoms with Crippen LogP contribution in [0.1, 0.15) is 30.9 Å². The summed E-state index contributed by atoms with van der Waals surface area (Å²) in [5, 5.41) is 0. The number of fused-ring (bicyclic) bond motifs is 1. The molecule has 5 rings (SSSR count). The van der Waals surface area contributed by atoms with Crippen molar-refractivity contribution in [2.24, 2.45) is 5.41 Å². The molecule has 0 unspecified atom stereocenters. The molecular formula is C20H16O5. The fourth-order valence-electron chi connectivity index (χ4n) is 4.53. The van der Waals surface area contributed by atoms with Gasteiger partial charge in [0.2, 0.25) is 0 Å². The molecule has 0 saturated heterocycles. The number of esters is 2. The standard InChI is InChI=1S/C20H16O5/c1-11-16-14(19(22)25-17(16)12-5-8-23-9-12)4-7-20(11)6-2-3-13-15(20)10-24-18(13)21/h2-3,5,8-9,17H,1,4,6-7,10H2/t17-,20+/m1/s1. The highest BCUT2D eigenvalue weighted by atomic mass is 16.6. The van der Waals surface area contributed by atoms with Crippen molar-refractivity contribution < 1.29 is 23.5 Å². The highest BCUT2D eigenvalue weighted by Gasteiger charge is 2.51. The Balaban J connectivity index is 1.64. The van der Waals surface area contributed by atoms with Crippen LogP contribution in [0.15, 0.2) is 69.6 Å². The Labute approximate surface area is 144 Å². The number of ether oxygens (including phenoxy) is 2. The van der Waals surface area contributed by atoms with Crippen LogP contribution in [0.25, 0.3) is 0 Å². The second-order valence-corrected chi connectivity index (χ2v) is 6.87. The third kappa shape index (κ3) is 1.78. The van der Waals surface area contributed by atoms with Gasteiger partial charge in [-0.15, -0.1) is 0 Å². The Bertz CT molecular complexity index is 912. The number of allylic oxidation sites excluding steroid dienone is 1. The van der Waals surface area contributed by atoms with Gasteiger partial charge in [-0.2, -0.15) is 0 Å². The van der Waals surface area contributed by atoms with Crippen molar-refractivity contribution in [2.75, 3.05) is 6.61 Å². The molecule has 1 spiro atoms. The number of cyclic esters (lactones) is 2. The summed E-state index contributed by atoms with van der Waals surface area (Å²) in [6.45, 7) is 4.66. The summed E-state index contributed by atoms with van der Waals surface area (Å²) in [5.74, 6) is -0.556. The number of carbonyl (C=O) groups excluding carboxylic acids is 2. The first-order valence-electron chi connectivity index (χ1n) is 8.35. The van der Waals surface area contributed by atoms with Gasteiger partial charge < -0.3 is 13.9 Å². The summed E-state index contributed by atoms with van der Waals surface area (Å²) in [6, 6.07) is 1.80.